The van der Waals surface area contributed by atoms with Gasteiger partial charge in [-0.2, -0.15) is 0 Å². The fraction of sp³-hybridized carbons (Fsp3) is 0.222. The molecule has 0 atom stereocenters. The molecule has 2 aromatic carbocycles. The van der Waals surface area contributed by atoms with Gasteiger partial charge in [0.05, 0.1) is 12.0 Å². The normalized spacial score (nSPS) is 11.1. The highest BCUT2D eigenvalue weighted by Gasteiger charge is 2.17. The second kappa shape index (κ2) is 8.65. The number of nitrogens with zero attached hydrogens (tertiary/aromatic N) is 1. The zero-order valence-corrected chi connectivity index (χ0v) is 15.9. The van der Waals surface area contributed by atoms with Crippen LogP contribution < -0.4 is 10.1 Å². The van der Waals surface area contributed by atoms with Crippen LogP contribution in [0, 0.1) is 0 Å². The highest BCUT2D eigenvalue weighted by atomic mass is 32.2. The van der Waals surface area contributed by atoms with Gasteiger partial charge >= 0.3 is 5.97 Å². The van der Waals surface area contributed by atoms with E-state index in [0.717, 1.165) is 4.31 Å². The molecule has 0 aliphatic rings. The molecule has 144 valence electrons. The number of sulfonamides is 1. The summed E-state index contributed by atoms with van der Waals surface area (Å²) < 4.78 is 34.9. The third-order valence-electron chi connectivity index (χ3n) is 3.59. The van der Waals surface area contributed by atoms with Crippen molar-refractivity contribution in [2.24, 2.45) is 0 Å². The average molecular weight is 392 g/mol. The second-order valence-corrected chi connectivity index (χ2v) is 7.81. The Balaban J connectivity index is 2.01. The second-order valence-electron chi connectivity index (χ2n) is 5.66. The van der Waals surface area contributed by atoms with Crippen molar-refractivity contribution in [1.29, 1.82) is 0 Å². The van der Waals surface area contributed by atoms with E-state index in [1.807, 2.05) is 0 Å². The Kier molecular flexibility index (Phi) is 6.54. The number of methoxy groups -OCH3 is 1. The molecule has 0 saturated carbocycles. The summed E-state index contributed by atoms with van der Waals surface area (Å²) in [5.74, 6) is -0.421. The summed E-state index contributed by atoms with van der Waals surface area (Å²) in [6.07, 6.45) is 0. The zero-order chi connectivity index (χ0) is 20.0. The first-order valence-electron chi connectivity index (χ1n) is 7.87. The molecular formula is C18H20N2O6S. The zero-order valence-electron chi connectivity index (χ0n) is 15.1. The van der Waals surface area contributed by atoms with E-state index in [0.29, 0.717) is 17.0 Å². The molecule has 0 bridgehead atoms. The number of ether oxygens (including phenoxy) is 2. The molecule has 1 amide bonds. The van der Waals surface area contributed by atoms with Gasteiger partial charge in [0, 0.05) is 25.3 Å². The van der Waals surface area contributed by atoms with E-state index < -0.39 is 16.0 Å². The van der Waals surface area contributed by atoms with Gasteiger partial charge in [-0.25, -0.2) is 17.5 Å². The first kappa shape index (κ1) is 20.4. The number of hydrogen-bond acceptors (Lipinski definition) is 6. The molecule has 0 heterocycles. The van der Waals surface area contributed by atoms with Crippen LogP contribution in [0.25, 0.3) is 0 Å². The third kappa shape index (κ3) is 5.28. The fourth-order valence-electron chi connectivity index (χ4n) is 2.03. The van der Waals surface area contributed by atoms with Crippen molar-refractivity contribution >= 4 is 27.6 Å². The van der Waals surface area contributed by atoms with Gasteiger partial charge in [-0.1, -0.05) is 0 Å². The average Bonchev–Trinajstić information content (AvgIpc) is 2.67. The lowest BCUT2D eigenvalue weighted by atomic mass is 10.2. The van der Waals surface area contributed by atoms with Gasteiger partial charge in [0.1, 0.15) is 5.75 Å². The number of nitrogens with one attached hydrogen (secondary N) is 1. The van der Waals surface area contributed by atoms with Gasteiger partial charge in [-0.05, 0) is 48.5 Å². The number of rotatable bonds is 7. The van der Waals surface area contributed by atoms with Gasteiger partial charge in [-0.3, -0.25) is 4.79 Å². The van der Waals surface area contributed by atoms with E-state index in [-0.39, 0.29) is 17.4 Å². The minimum atomic E-state index is -3.54. The standard InChI is InChI=1S/C18H20N2O6S/c1-20(2)27(23,24)16-10-4-13(5-11-16)18(22)19-14-6-8-15(9-7-14)26-12-17(21)25-3/h4-11H,12H2,1-3H3,(H,19,22). The molecule has 2 aromatic rings. The smallest absolute Gasteiger partial charge is 0.343 e. The molecular weight excluding hydrogens is 372 g/mol. The number of benzene rings is 2. The van der Waals surface area contributed by atoms with Crippen molar-refractivity contribution in [1.82, 2.24) is 4.31 Å². The van der Waals surface area contributed by atoms with Crippen molar-refractivity contribution in [2.75, 3.05) is 33.1 Å². The Morgan fingerprint density at radius 1 is 1.00 bits per heavy atom. The maximum absolute atomic E-state index is 12.3. The summed E-state index contributed by atoms with van der Waals surface area (Å²) in [5.41, 5.74) is 0.842. The largest absolute Gasteiger partial charge is 0.482 e. The van der Waals surface area contributed by atoms with Gasteiger partial charge < -0.3 is 14.8 Å². The van der Waals surface area contributed by atoms with E-state index in [2.05, 4.69) is 10.1 Å². The Morgan fingerprint density at radius 3 is 2.11 bits per heavy atom. The number of hydrogen-bond donors (Lipinski definition) is 1. The Morgan fingerprint density at radius 2 is 1.59 bits per heavy atom. The maximum Gasteiger partial charge on any atom is 0.343 e. The monoisotopic (exact) mass is 392 g/mol. The molecule has 0 unspecified atom stereocenters. The maximum atomic E-state index is 12.3. The lowest BCUT2D eigenvalue weighted by Gasteiger charge is -2.12. The quantitative estimate of drug-likeness (QED) is 0.720. The SMILES string of the molecule is COC(=O)COc1ccc(NC(=O)c2ccc(S(=O)(=O)N(C)C)cc2)cc1. The minimum absolute atomic E-state index is 0.108. The fourth-order valence-corrected chi connectivity index (χ4v) is 2.93. The number of anilines is 1. The Hall–Kier alpha value is -2.91. The van der Waals surface area contributed by atoms with Crippen LogP contribution in [-0.2, 0) is 19.6 Å². The van der Waals surface area contributed by atoms with E-state index in [4.69, 9.17) is 4.74 Å². The molecule has 0 radical (unpaired) electrons. The summed E-state index contributed by atoms with van der Waals surface area (Å²) in [6, 6.07) is 12.1. The molecule has 8 nitrogen and oxygen atoms in total. The highest BCUT2D eigenvalue weighted by Crippen LogP contribution is 2.18. The van der Waals surface area contributed by atoms with E-state index in [9.17, 15) is 18.0 Å². The van der Waals surface area contributed by atoms with Crippen LogP contribution in [0.1, 0.15) is 10.4 Å². The predicted octanol–water partition coefficient (Wildman–Crippen LogP) is 1.74. The van der Waals surface area contributed by atoms with Crippen LogP contribution in [0.5, 0.6) is 5.75 Å². The molecule has 0 saturated heterocycles. The lowest BCUT2D eigenvalue weighted by molar-refractivity contribution is -0.142. The number of carbonyl (C=O) groups excluding carboxylic acids is 2. The molecule has 9 heteroatoms. The van der Waals surface area contributed by atoms with Gasteiger partial charge in [0.25, 0.3) is 5.91 Å². The molecule has 0 fully saturated rings. The van der Waals surface area contributed by atoms with Crippen molar-refractivity contribution in [3.8, 4) is 5.75 Å². The van der Waals surface area contributed by atoms with Crippen LogP contribution in [0.3, 0.4) is 0 Å². The summed E-state index contributed by atoms with van der Waals surface area (Å²) in [6.45, 7) is -0.204. The summed E-state index contributed by atoms with van der Waals surface area (Å²) in [4.78, 5) is 23.4. The first-order chi connectivity index (χ1) is 12.7. The summed E-state index contributed by atoms with van der Waals surface area (Å²) in [7, 11) is 0.607. The number of esters is 1. The summed E-state index contributed by atoms with van der Waals surface area (Å²) in [5, 5.41) is 2.70. The van der Waals surface area contributed by atoms with Crippen LogP contribution >= 0.6 is 0 Å². The summed E-state index contributed by atoms with van der Waals surface area (Å²) >= 11 is 0. The van der Waals surface area contributed by atoms with Crippen molar-refractivity contribution in [3.63, 3.8) is 0 Å². The van der Waals surface area contributed by atoms with Gasteiger partial charge in [0.2, 0.25) is 10.0 Å². The molecule has 0 aliphatic heterocycles. The van der Waals surface area contributed by atoms with E-state index in [1.165, 1.54) is 45.5 Å². The molecule has 0 spiro atoms. The molecule has 0 aliphatic carbocycles. The van der Waals surface area contributed by atoms with Gasteiger partial charge in [-0.15, -0.1) is 0 Å². The van der Waals surface area contributed by atoms with Crippen LogP contribution in [0.15, 0.2) is 53.4 Å². The van der Waals surface area contributed by atoms with E-state index >= 15 is 0 Å². The predicted molar refractivity (Wildman–Crippen MR) is 99.2 cm³/mol. The molecule has 1 N–H and O–H groups in total. The van der Waals surface area contributed by atoms with Gasteiger partial charge in [0.15, 0.2) is 6.61 Å². The van der Waals surface area contributed by atoms with Crippen molar-refractivity contribution < 1.29 is 27.5 Å². The molecule has 27 heavy (non-hydrogen) atoms. The number of carbonyl (C=O) groups is 2. The topological polar surface area (TPSA) is 102 Å². The van der Waals surface area contributed by atoms with E-state index in [1.54, 1.807) is 24.3 Å². The third-order valence-corrected chi connectivity index (χ3v) is 5.42. The van der Waals surface area contributed by atoms with Crippen LogP contribution in [0.2, 0.25) is 0 Å². The van der Waals surface area contributed by atoms with Crippen molar-refractivity contribution in [2.45, 2.75) is 4.90 Å². The minimum Gasteiger partial charge on any atom is -0.482 e. The van der Waals surface area contributed by atoms with Crippen LogP contribution in [-0.4, -0.2) is 52.4 Å². The first-order valence-corrected chi connectivity index (χ1v) is 9.31. The molecule has 0 aromatic heterocycles. The van der Waals surface area contributed by atoms with Crippen LogP contribution in [0.4, 0.5) is 5.69 Å². The van der Waals surface area contributed by atoms with Crippen molar-refractivity contribution in [3.05, 3.63) is 54.1 Å². The lowest BCUT2D eigenvalue weighted by Crippen LogP contribution is -2.22. The molecule has 2 rings (SSSR count). The highest BCUT2D eigenvalue weighted by molar-refractivity contribution is 7.89. The Labute approximate surface area is 157 Å². The number of amides is 1. The Bertz CT molecular complexity index is 906.